The molecule has 0 saturated carbocycles. The minimum atomic E-state index is -0.879. The summed E-state index contributed by atoms with van der Waals surface area (Å²) in [5, 5.41) is 37.0. The standard InChI is InChI=1S/C51H60N10O7S/c1-30-21-44(68-58-30)46(50(65)60-27-38(62)23-42(60)49(64)55-31(2)33-11-13-34(14-12-33)47-32(3)54-29-69-47)51(4,5)28-66-19-8-20-67-45-22-35(17-18-53-45)61-36-15-16-37(61)26-59(25-36)41-24-40(56-57-48(41)52)39-9-6-7-10-43(39)63/h6-7,9-14,17-18,21-22,24,29,31,36-38,42,46,62-63H,8,15-16,19-20,23,25-28H2,1-5H3,(H2,52,57)(H,55,64)/t31-,36?,37?,38+,42-,46+/m0/s1. The fraction of sp³-hybridized carbons (Fsp3) is 0.431. The fourth-order valence-electron chi connectivity index (χ4n) is 10.1. The molecule has 0 spiro atoms. The summed E-state index contributed by atoms with van der Waals surface area (Å²) in [5.74, 6) is -0.127. The number of rotatable bonds is 17. The number of nitrogens with one attached hydrogen (secondary N) is 1. The van der Waals surface area contributed by atoms with Crippen molar-refractivity contribution in [3.05, 3.63) is 107 Å². The molecule has 3 aliphatic heterocycles. The van der Waals surface area contributed by atoms with Crippen molar-refractivity contribution in [1.29, 1.82) is 0 Å². The number of nitrogens with zero attached hydrogens (tertiary/aromatic N) is 8. The number of hydrogen-bond acceptors (Lipinski definition) is 16. The minimum absolute atomic E-state index is 0.0139. The Bertz CT molecular complexity index is 2750. The lowest BCUT2D eigenvalue weighted by molar-refractivity contribution is -0.143. The van der Waals surface area contributed by atoms with Gasteiger partial charge in [0.2, 0.25) is 17.7 Å². The summed E-state index contributed by atoms with van der Waals surface area (Å²) < 4.78 is 18.1. The highest BCUT2D eigenvalue weighted by Gasteiger charge is 2.48. The van der Waals surface area contributed by atoms with E-state index in [2.05, 4.69) is 40.4 Å². The number of aromatic nitrogens is 5. The van der Waals surface area contributed by atoms with E-state index >= 15 is 0 Å². The quantitative estimate of drug-likeness (QED) is 0.0688. The molecule has 4 aromatic heterocycles. The van der Waals surface area contributed by atoms with Crippen LogP contribution in [-0.4, -0.2) is 116 Å². The van der Waals surface area contributed by atoms with Crippen molar-refractivity contribution in [3.63, 3.8) is 0 Å². The minimum Gasteiger partial charge on any atom is -0.507 e. The number of aliphatic hydroxyl groups is 1. The van der Waals surface area contributed by atoms with Crippen molar-refractivity contribution >= 4 is 40.3 Å². The second-order valence-corrected chi connectivity index (χ2v) is 20.0. The number of nitrogen functional groups attached to an aromatic ring is 1. The molecule has 5 N–H and O–H groups in total. The van der Waals surface area contributed by atoms with Crippen molar-refractivity contribution in [3.8, 4) is 33.3 Å². The molecule has 2 amide bonds. The van der Waals surface area contributed by atoms with Gasteiger partial charge in [0.05, 0.1) is 58.5 Å². The molecule has 0 aliphatic carbocycles. The Hall–Kier alpha value is -6.63. The number of pyridine rings is 1. The number of hydrogen-bond donors (Lipinski definition) is 4. The number of piperazine rings is 1. The second kappa shape index (κ2) is 20.1. The molecular formula is C51H60N10O7S. The summed E-state index contributed by atoms with van der Waals surface area (Å²) in [6.45, 7) is 12.0. The molecule has 17 nitrogen and oxygen atoms in total. The molecule has 6 atom stereocenters. The number of anilines is 3. The Morgan fingerprint density at radius 2 is 1.75 bits per heavy atom. The molecule has 0 radical (unpaired) electrons. The van der Waals surface area contributed by atoms with E-state index in [1.54, 1.807) is 42.7 Å². The van der Waals surface area contributed by atoms with Gasteiger partial charge in [0.15, 0.2) is 5.82 Å². The molecular weight excluding hydrogens is 897 g/mol. The summed E-state index contributed by atoms with van der Waals surface area (Å²) in [5.41, 5.74) is 14.0. The van der Waals surface area contributed by atoms with Crippen LogP contribution >= 0.6 is 11.3 Å². The highest BCUT2D eigenvalue weighted by atomic mass is 32.1. The Morgan fingerprint density at radius 3 is 2.46 bits per heavy atom. The number of carbonyl (C=O) groups excluding carboxylic acids is 2. The van der Waals surface area contributed by atoms with Gasteiger partial charge >= 0.3 is 0 Å². The molecule has 2 unspecified atom stereocenters. The van der Waals surface area contributed by atoms with Gasteiger partial charge < -0.3 is 50.0 Å². The lowest BCUT2D eigenvalue weighted by atomic mass is 9.76. The van der Waals surface area contributed by atoms with Crippen LogP contribution in [0.15, 0.2) is 89.0 Å². The van der Waals surface area contributed by atoms with Crippen LogP contribution in [-0.2, 0) is 14.3 Å². The number of nitrogens with two attached hydrogens (primary N) is 1. The molecule has 362 valence electrons. The highest BCUT2D eigenvalue weighted by molar-refractivity contribution is 7.13. The van der Waals surface area contributed by atoms with Crippen LogP contribution < -0.4 is 25.6 Å². The largest absolute Gasteiger partial charge is 0.507 e. The van der Waals surface area contributed by atoms with Crippen LogP contribution in [0, 0.1) is 19.3 Å². The van der Waals surface area contributed by atoms with Crippen LogP contribution in [0.2, 0.25) is 0 Å². The Morgan fingerprint density at radius 1 is 0.986 bits per heavy atom. The predicted octanol–water partition coefficient (Wildman–Crippen LogP) is 6.85. The van der Waals surface area contributed by atoms with E-state index in [-0.39, 0.29) is 55.3 Å². The number of β-amino-alcohol motifs (C(OH)–C–C–N with tert-alkyl or cyclic N) is 1. The number of amides is 2. The highest BCUT2D eigenvalue weighted by Crippen LogP contribution is 2.42. The van der Waals surface area contributed by atoms with E-state index in [1.165, 1.54) is 4.90 Å². The number of thiazole rings is 1. The number of fused-ring (bicyclic) bond motifs is 2. The number of aliphatic hydroxyl groups excluding tert-OH is 1. The number of phenols is 1. The lowest BCUT2D eigenvalue weighted by Gasteiger charge is -2.43. The van der Waals surface area contributed by atoms with Crippen molar-refractivity contribution in [1.82, 2.24) is 35.5 Å². The smallest absolute Gasteiger partial charge is 0.243 e. The van der Waals surface area contributed by atoms with Gasteiger partial charge in [-0.05, 0) is 69.0 Å². The van der Waals surface area contributed by atoms with E-state index in [0.29, 0.717) is 54.0 Å². The zero-order valence-electron chi connectivity index (χ0n) is 39.6. The average molecular weight is 957 g/mol. The number of aryl methyl sites for hydroxylation is 2. The lowest BCUT2D eigenvalue weighted by Crippen LogP contribution is -2.54. The molecule has 2 aromatic carbocycles. The second-order valence-electron chi connectivity index (χ2n) is 19.1. The van der Waals surface area contributed by atoms with E-state index < -0.39 is 23.5 Å². The van der Waals surface area contributed by atoms with Gasteiger partial charge in [-0.25, -0.2) is 9.97 Å². The SMILES string of the molecule is Cc1cc([C@H](C(=O)N2C[C@H](O)C[C@H]2C(=O)N[C@@H](C)c2ccc(-c3scnc3C)cc2)C(C)(C)COCCCOc2cc(N3C4CCC3CN(c3cc(-c5ccccc5O)nnc3N)C4)ccn2)on1. The first-order valence-electron chi connectivity index (χ1n) is 23.6. The van der Waals surface area contributed by atoms with Gasteiger partial charge in [0.1, 0.15) is 23.5 Å². The van der Waals surface area contributed by atoms with Crippen molar-refractivity contribution in [2.24, 2.45) is 5.41 Å². The Balaban J connectivity index is 0.784. The predicted molar refractivity (Wildman–Crippen MR) is 263 cm³/mol. The van der Waals surface area contributed by atoms with Gasteiger partial charge in [-0.3, -0.25) is 9.59 Å². The Labute approximate surface area is 405 Å². The first-order valence-corrected chi connectivity index (χ1v) is 24.5. The van der Waals surface area contributed by atoms with E-state index in [1.807, 2.05) is 87.8 Å². The summed E-state index contributed by atoms with van der Waals surface area (Å²) in [7, 11) is 0. The molecule has 3 fully saturated rings. The summed E-state index contributed by atoms with van der Waals surface area (Å²) >= 11 is 1.58. The summed E-state index contributed by atoms with van der Waals surface area (Å²) in [4.78, 5) is 44.8. The molecule has 3 saturated heterocycles. The number of carbonyl (C=O) groups is 2. The van der Waals surface area contributed by atoms with Crippen LogP contribution in [0.4, 0.5) is 17.2 Å². The first kappa shape index (κ1) is 47.4. The number of para-hydroxylation sites is 1. The van der Waals surface area contributed by atoms with Crippen LogP contribution in [0.5, 0.6) is 11.6 Å². The third kappa shape index (κ3) is 10.2. The molecule has 6 aromatic rings. The van der Waals surface area contributed by atoms with E-state index in [0.717, 1.165) is 59.0 Å². The van der Waals surface area contributed by atoms with Crippen LogP contribution in [0.3, 0.4) is 0 Å². The van der Waals surface area contributed by atoms with Crippen molar-refractivity contribution < 1.29 is 33.8 Å². The number of phenolic OH excluding ortho intramolecular Hbond substituents is 1. The monoisotopic (exact) mass is 956 g/mol. The van der Waals surface area contributed by atoms with E-state index in [4.69, 9.17) is 19.7 Å². The van der Waals surface area contributed by atoms with Gasteiger partial charge in [-0.1, -0.05) is 55.4 Å². The first-order chi connectivity index (χ1) is 33.2. The van der Waals surface area contributed by atoms with Crippen LogP contribution in [0.25, 0.3) is 21.7 Å². The normalized spacial score (nSPS) is 20.0. The van der Waals surface area contributed by atoms with Gasteiger partial charge in [-0.15, -0.1) is 21.5 Å². The van der Waals surface area contributed by atoms with Gasteiger partial charge in [0, 0.05) is 86.2 Å². The number of ether oxygens (including phenoxy) is 2. The van der Waals surface area contributed by atoms with Crippen LogP contribution in [0.1, 0.15) is 81.1 Å². The van der Waals surface area contributed by atoms with Crippen molar-refractivity contribution in [2.75, 3.05) is 55.0 Å². The maximum Gasteiger partial charge on any atom is 0.243 e. The van der Waals surface area contributed by atoms with Gasteiger partial charge in [0.25, 0.3) is 0 Å². The topological polar surface area (TPSA) is 218 Å². The maximum absolute atomic E-state index is 14.7. The van der Waals surface area contributed by atoms with Crippen molar-refractivity contribution in [2.45, 2.75) is 96.5 Å². The Kier molecular flexibility index (Phi) is 13.8. The molecule has 2 bridgehead atoms. The maximum atomic E-state index is 14.7. The number of aromatic hydroxyl groups is 1. The average Bonchev–Trinajstić information content (AvgIpc) is 4.13. The van der Waals surface area contributed by atoms with E-state index in [9.17, 15) is 19.8 Å². The zero-order chi connectivity index (χ0) is 48.4. The molecule has 18 heteroatoms. The number of likely N-dealkylation sites (tertiary alicyclic amines) is 1. The molecule has 3 aliphatic rings. The third-order valence-electron chi connectivity index (χ3n) is 13.6. The molecule has 7 heterocycles. The molecule has 69 heavy (non-hydrogen) atoms. The number of benzene rings is 2. The fourth-order valence-corrected chi connectivity index (χ4v) is 10.9. The van der Waals surface area contributed by atoms with Gasteiger partial charge in [-0.2, -0.15) is 0 Å². The summed E-state index contributed by atoms with van der Waals surface area (Å²) in [6.07, 6.45) is 3.66. The molecule has 9 rings (SSSR count). The third-order valence-corrected chi connectivity index (χ3v) is 14.6. The summed E-state index contributed by atoms with van der Waals surface area (Å²) in [6, 6.07) is 22.0. The zero-order valence-corrected chi connectivity index (χ0v) is 40.4.